The number of halogens is 3. The fourth-order valence-corrected chi connectivity index (χ4v) is 0. The van der Waals surface area contributed by atoms with E-state index >= 15 is 0 Å². The van der Waals surface area contributed by atoms with Gasteiger partial charge in [0.2, 0.25) is 44.4 Å². The van der Waals surface area contributed by atoms with E-state index in [0.29, 0.717) is 0 Å². The van der Waals surface area contributed by atoms with Gasteiger partial charge in [-0.1, -0.05) is 0 Å². The molecule has 0 amide bonds. The quantitative estimate of drug-likeness (QED) is 0.295. The molecule has 13 heteroatoms. The normalized spacial score (nSPS) is 8.31. The fraction of sp³-hybridized carbons (Fsp3) is 0. The molecule has 0 aliphatic heterocycles. The first-order valence-electron chi connectivity index (χ1n) is 1.39. The van der Waals surface area contributed by atoms with Crippen LogP contribution in [0.25, 0.3) is 0 Å². The predicted molar refractivity (Wildman–Crippen MR) is 0 cm³/mol. The van der Waals surface area contributed by atoms with Gasteiger partial charge in [-0.2, -0.15) is 0 Å². The molecule has 0 bridgehead atoms. The largest absolute Gasteiger partial charge is 3.00 e. The van der Waals surface area contributed by atoms with Crippen molar-refractivity contribution in [2.75, 3.05) is 0 Å². The van der Waals surface area contributed by atoms with Crippen LogP contribution < -0.4 is 37.8 Å². The van der Waals surface area contributed by atoms with Crippen LogP contribution in [0, 0.1) is 86.2 Å². The summed E-state index contributed by atoms with van der Waals surface area (Å²) in [6.45, 7) is 0. The second kappa shape index (κ2) is 19.9. The molecule has 0 fully saturated rings. The van der Waals surface area contributed by atoms with Gasteiger partial charge in [0.05, 0.1) is 0 Å². The van der Waals surface area contributed by atoms with Crippen molar-refractivity contribution in [1.82, 2.24) is 0 Å². The van der Waals surface area contributed by atoms with E-state index in [9.17, 15) is 0 Å². The monoisotopic (exact) mass is 521 g/mol. The first kappa shape index (κ1) is 24.6. The van der Waals surface area contributed by atoms with E-state index in [1.165, 1.54) is 0 Å². The van der Waals surface area contributed by atoms with Crippen molar-refractivity contribution < 1.29 is 124 Å². The van der Waals surface area contributed by atoms with Crippen molar-refractivity contribution in [2.24, 2.45) is 0 Å². The summed E-state index contributed by atoms with van der Waals surface area (Å²) < 4.78 is 76.7. The van der Waals surface area contributed by atoms with Gasteiger partial charge in [0, 0.05) is 0 Å². The van der Waals surface area contributed by atoms with Gasteiger partial charge in [0.25, 0.3) is 0 Å². The Bertz CT molecular complexity index is 43.4. The number of rotatable bonds is 0. The van der Waals surface area contributed by atoms with Crippen molar-refractivity contribution in [1.29, 1.82) is 0 Å². The molecule has 0 spiro atoms. The molecule has 0 saturated carbocycles. The smallest absolute Gasteiger partial charge is 0.405 e. The minimum atomic E-state index is -3.65. The molecule has 0 aliphatic rings. The Hall–Kier alpha value is 2.46. The van der Waals surface area contributed by atoms with Gasteiger partial charge in [-0.05, 0) is 0 Å². The maximum Gasteiger partial charge on any atom is 3.00 e. The zero-order valence-electron chi connectivity index (χ0n) is 5.31. The zero-order valence-corrected chi connectivity index (χ0v) is 13.2. The third-order valence-corrected chi connectivity index (χ3v) is 0. The first-order valence-corrected chi connectivity index (χ1v) is 7.22. The van der Waals surface area contributed by atoms with Crippen LogP contribution in [0.4, 0.5) is 0 Å². The number of hydrogen-bond acceptors (Lipinski definition) is 9. The SMILES string of the molecule is [Ce+3].[O-][Br+2]([O-])[O-].[O-][Br+2]([O-])[O-].[O-][Br+2]([O-])[O-]. The van der Waals surface area contributed by atoms with Crippen LogP contribution in [-0.4, -0.2) is 0 Å². The van der Waals surface area contributed by atoms with E-state index in [1.807, 2.05) is 0 Å². The standard InChI is InChI=1S/3BrO3.Ce/c3*2-1(3)4;/q3*-1;+3. The number of hydrogen-bond donors (Lipinski definition) is 0. The van der Waals surface area contributed by atoms with Gasteiger partial charge >= 0.3 is 41.7 Å². The molecule has 0 aliphatic carbocycles. The van der Waals surface area contributed by atoms with Crippen LogP contribution in [-0.2, 0) is 0 Å². The summed E-state index contributed by atoms with van der Waals surface area (Å²) in [5, 5.41) is 0. The van der Waals surface area contributed by atoms with Gasteiger partial charge < -0.3 is 37.8 Å². The minimum absolute atomic E-state index is 0. The molecule has 0 unspecified atom stereocenters. The van der Waals surface area contributed by atoms with Crippen molar-refractivity contribution in [2.45, 2.75) is 0 Å². The third kappa shape index (κ3) is 372. The van der Waals surface area contributed by atoms with E-state index in [4.69, 9.17) is 37.8 Å². The van der Waals surface area contributed by atoms with Gasteiger partial charge in [-0.3, -0.25) is 0 Å². The van der Waals surface area contributed by atoms with E-state index < -0.39 is 44.4 Å². The summed E-state index contributed by atoms with van der Waals surface area (Å²) >= 11 is -10.9. The molecular weight excluding hydrogens is 524 g/mol. The van der Waals surface area contributed by atoms with Crippen LogP contribution in [0.3, 0.4) is 0 Å². The molecule has 13 heavy (non-hydrogen) atoms. The molecule has 1 radical (unpaired) electrons. The van der Waals surface area contributed by atoms with E-state index in [2.05, 4.69) is 0 Å². The summed E-state index contributed by atoms with van der Waals surface area (Å²) in [7, 11) is 0. The summed E-state index contributed by atoms with van der Waals surface area (Å²) in [5.41, 5.74) is 0. The van der Waals surface area contributed by atoms with Crippen LogP contribution in [0.5, 0.6) is 0 Å². The zero-order chi connectivity index (χ0) is 10.7. The first-order chi connectivity index (χ1) is 5.20. The Balaban J connectivity index is -0.0000000450. The molecule has 79 valence electrons. The molecule has 0 rings (SSSR count). The van der Waals surface area contributed by atoms with Gasteiger partial charge in [0.1, 0.15) is 0 Å². The maximum absolute atomic E-state index is 8.52. The summed E-state index contributed by atoms with van der Waals surface area (Å²) in [5.74, 6) is 0. The second-order valence-corrected chi connectivity index (χ2v) is 2.95. The summed E-state index contributed by atoms with van der Waals surface area (Å²) in [6.07, 6.45) is 0. The molecule has 0 heterocycles. The minimum Gasteiger partial charge on any atom is -0.405 e. The van der Waals surface area contributed by atoms with Gasteiger partial charge in [0.15, 0.2) is 0 Å². The Labute approximate surface area is 122 Å². The second-order valence-electron chi connectivity index (χ2n) is 0.567. The van der Waals surface area contributed by atoms with Crippen LogP contribution in [0.1, 0.15) is 0 Å². The Morgan fingerprint density at radius 1 is 0.385 bits per heavy atom. The van der Waals surface area contributed by atoms with Gasteiger partial charge in [-0.25, -0.2) is 0 Å². The van der Waals surface area contributed by atoms with Crippen LogP contribution in [0.15, 0.2) is 0 Å². The Kier molecular flexibility index (Phi) is 37.8. The third-order valence-electron chi connectivity index (χ3n) is 0. The topological polar surface area (TPSA) is 208 Å². The molecule has 0 atom stereocenters. The Morgan fingerprint density at radius 3 is 0.385 bits per heavy atom. The van der Waals surface area contributed by atoms with Crippen molar-refractivity contribution in [3.8, 4) is 0 Å². The van der Waals surface area contributed by atoms with E-state index in [0.717, 1.165) is 0 Å². The van der Waals surface area contributed by atoms with Gasteiger partial charge in [-0.15, -0.1) is 0 Å². The van der Waals surface area contributed by atoms with Crippen molar-refractivity contribution in [3.05, 3.63) is 0 Å². The molecule has 9 nitrogen and oxygen atoms in total. The Morgan fingerprint density at radius 2 is 0.385 bits per heavy atom. The molecule has 0 aromatic heterocycles. The van der Waals surface area contributed by atoms with E-state index in [1.54, 1.807) is 0 Å². The molecular formula is Br3CeO9. The maximum atomic E-state index is 8.52. The van der Waals surface area contributed by atoms with Crippen molar-refractivity contribution >= 4 is 0 Å². The predicted octanol–water partition coefficient (Wildman–Crippen LogP) is -10.7. The molecule has 0 saturated heterocycles. The van der Waals surface area contributed by atoms with Crippen LogP contribution >= 0.6 is 0 Å². The molecule has 0 N–H and O–H groups in total. The van der Waals surface area contributed by atoms with Crippen LogP contribution in [0.2, 0.25) is 0 Å². The van der Waals surface area contributed by atoms with E-state index in [-0.39, 0.29) is 41.7 Å². The molecule has 0 aromatic rings. The molecule has 0 aromatic carbocycles. The average Bonchev–Trinajstić information content (AvgIpc) is 1.54. The van der Waals surface area contributed by atoms with Crippen molar-refractivity contribution in [3.63, 3.8) is 0 Å². The summed E-state index contributed by atoms with van der Waals surface area (Å²) in [4.78, 5) is 0. The average molecular weight is 524 g/mol. The summed E-state index contributed by atoms with van der Waals surface area (Å²) in [6, 6.07) is 0. The fourth-order valence-electron chi connectivity index (χ4n) is 0.